The molecule has 3 aromatic heterocycles. The van der Waals surface area contributed by atoms with Gasteiger partial charge >= 0.3 is 12.1 Å². The summed E-state index contributed by atoms with van der Waals surface area (Å²) < 4.78 is 47.9. The Kier molecular flexibility index (Phi) is 6.91. The molecule has 1 aliphatic carbocycles. The minimum atomic E-state index is -4.80. The number of aromatic nitrogens is 3. The van der Waals surface area contributed by atoms with Crippen molar-refractivity contribution in [2.24, 2.45) is 0 Å². The summed E-state index contributed by atoms with van der Waals surface area (Å²) in [5.74, 6) is -1.42. The lowest BCUT2D eigenvalue weighted by Gasteiger charge is -2.14. The highest BCUT2D eigenvalue weighted by Gasteiger charge is 2.37. The number of rotatable bonds is 5. The Morgan fingerprint density at radius 2 is 1.87 bits per heavy atom. The van der Waals surface area contributed by atoms with Gasteiger partial charge in [0.15, 0.2) is 17.0 Å². The minimum Gasteiger partial charge on any atom is -0.459 e. The molecule has 1 amide bonds. The van der Waals surface area contributed by atoms with Crippen LogP contribution in [0.15, 0.2) is 36.4 Å². The molecule has 5 rings (SSSR count). The number of hydrogen-bond acceptors (Lipinski definition) is 6. The summed E-state index contributed by atoms with van der Waals surface area (Å²) in [6.45, 7) is 3.45. The van der Waals surface area contributed by atoms with E-state index in [-0.39, 0.29) is 33.0 Å². The molecule has 3 heterocycles. The van der Waals surface area contributed by atoms with Crippen LogP contribution in [-0.4, -0.2) is 32.6 Å². The van der Waals surface area contributed by atoms with Crippen molar-refractivity contribution in [3.8, 4) is 11.3 Å². The van der Waals surface area contributed by atoms with E-state index >= 15 is 0 Å². The maximum atomic E-state index is 14.0. The molecule has 1 aliphatic rings. The van der Waals surface area contributed by atoms with E-state index in [1.54, 1.807) is 44.2 Å². The zero-order valence-corrected chi connectivity index (χ0v) is 21.9. The second-order valence-electron chi connectivity index (χ2n) is 9.11. The van der Waals surface area contributed by atoms with Crippen molar-refractivity contribution in [2.45, 2.75) is 51.8 Å². The topological polar surface area (TPSA) is 85.6 Å². The van der Waals surface area contributed by atoms with Gasteiger partial charge < -0.3 is 10.1 Å². The normalized spacial score (nSPS) is 13.6. The standard InChI is InChI=1S/C26H22ClF3N4O3S/c1-13(2)37-25(36)19-15-10-6-7-11-17(15)38-24(19)32-23(35)21-20(27)22-31-16(14-8-4-3-5-9-14)12-18(26(28,29)30)34(22)33-21/h3-5,8-9,12-13H,6-7,10-11H2,1-2H3,(H,32,35). The molecule has 0 bridgehead atoms. The maximum absolute atomic E-state index is 14.0. The van der Waals surface area contributed by atoms with E-state index in [0.717, 1.165) is 35.8 Å². The van der Waals surface area contributed by atoms with E-state index in [9.17, 15) is 22.8 Å². The van der Waals surface area contributed by atoms with Crippen molar-refractivity contribution >= 4 is 45.5 Å². The van der Waals surface area contributed by atoms with Crippen LogP contribution in [-0.2, 0) is 23.8 Å². The maximum Gasteiger partial charge on any atom is 0.433 e. The minimum absolute atomic E-state index is 0.0313. The van der Waals surface area contributed by atoms with E-state index in [1.165, 1.54) is 11.3 Å². The number of carbonyl (C=O) groups is 2. The van der Waals surface area contributed by atoms with Crippen LogP contribution < -0.4 is 5.32 Å². The number of fused-ring (bicyclic) bond motifs is 2. The third-order valence-corrected chi connectivity index (χ3v) is 7.61. The summed E-state index contributed by atoms with van der Waals surface area (Å²) in [5, 5.41) is 6.47. The Balaban J connectivity index is 1.58. The number of carbonyl (C=O) groups excluding carboxylic acids is 2. The number of ether oxygens (including phenoxy) is 1. The second-order valence-corrected chi connectivity index (χ2v) is 10.6. The van der Waals surface area contributed by atoms with Crippen LogP contribution in [0.2, 0.25) is 5.02 Å². The molecular formula is C26H22ClF3N4O3S. The number of amides is 1. The molecule has 12 heteroatoms. The Bertz CT molecular complexity index is 1550. The van der Waals surface area contributed by atoms with Crippen molar-refractivity contribution in [2.75, 3.05) is 5.32 Å². The van der Waals surface area contributed by atoms with Crippen LogP contribution in [0.1, 0.15) is 63.7 Å². The SMILES string of the molecule is CC(C)OC(=O)c1c(NC(=O)c2nn3c(C(F)(F)F)cc(-c4ccccc4)nc3c2Cl)sc2c1CCCC2. The van der Waals surface area contributed by atoms with Crippen molar-refractivity contribution in [1.29, 1.82) is 0 Å². The molecule has 0 spiro atoms. The molecule has 38 heavy (non-hydrogen) atoms. The fourth-order valence-corrected chi connectivity index (χ4v) is 5.92. The van der Waals surface area contributed by atoms with Crippen LogP contribution in [0.5, 0.6) is 0 Å². The van der Waals surface area contributed by atoms with Crippen LogP contribution in [0.4, 0.5) is 18.2 Å². The number of anilines is 1. The van der Waals surface area contributed by atoms with Crippen molar-refractivity contribution in [1.82, 2.24) is 14.6 Å². The molecule has 0 saturated heterocycles. The first-order chi connectivity index (χ1) is 18.0. The number of hydrogen-bond donors (Lipinski definition) is 1. The van der Waals surface area contributed by atoms with Crippen molar-refractivity contribution in [3.05, 3.63) is 68.8 Å². The van der Waals surface area contributed by atoms with E-state index in [2.05, 4.69) is 15.4 Å². The van der Waals surface area contributed by atoms with Gasteiger partial charge in [-0.3, -0.25) is 4.79 Å². The summed E-state index contributed by atoms with van der Waals surface area (Å²) >= 11 is 7.66. The first kappa shape index (κ1) is 26.2. The van der Waals surface area contributed by atoms with E-state index in [0.29, 0.717) is 16.5 Å². The molecule has 0 aliphatic heterocycles. The summed E-state index contributed by atoms with van der Waals surface area (Å²) in [5.41, 5.74) is -0.302. The largest absolute Gasteiger partial charge is 0.459 e. The number of benzene rings is 1. The van der Waals surface area contributed by atoms with Crippen LogP contribution in [0, 0.1) is 0 Å². The Morgan fingerprint density at radius 3 is 2.55 bits per heavy atom. The van der Waals surface area contributed by atoms with E-state index in [4.69, 9.17) is 16.3 Å². The highest BCUT2D eigenvalue weighted by atomic mass is 35.5. The molecule has 198 valence electrons. The quantitative estimate of drug-likeness (QED) is 0.270. The molecule has 0 saturated carbocycles. The first-order valence-electron chi connectivity index (χ1n) is 11.9. The fourth-order valence-electron chi connectivity index (χ4n) is 4.40. The number of esters is 1. The summed E-state index contributed by atoms with van der Waals surface area (Å²) in [6.07, 6.45) is -1.90. The first-order valence-corrected chi connectivity index (χ1v) is 13.1. The number of alkyl halides is 3. The molecule has 0 fully saturated rings. The van der Waals surface area contributed by atoms with Gasteiger partial charge in [-0.25, -0.2) is 14.3 Å². The monoisotopic (exact) mass is 562 g/mol. The summed E-state index contributed by atoms with van der Waals surface area (Å²) in [7, 11) is 0. The molecule has 4 aromatic rings. The van der Waals surface area contributed by atoms with Crippen molar-refractivity contribution in [3.63, 3.8) is 0 Å². The third-order valence-electron chi connectivity index (χ3n) is 6.05. The van der Waals surface area contributed by atoms with Gasteiger partial charge in [0.25, 0.3) is 5.91 Å². The molecular weight excluding hydrogens is 541 g/mol. The van der Waals surface area contributed by atoms with E-state index in [1.807, 2.05) is 0 Å². The van der Waals surface area contributed by atoms with Gasteiger partial charge in [-0.15, -0.1) is 11.3 Å². The number of nitrogens with zero attached hydrogens (tertiary/aromatic N) is 3. The average Bonchev–Trinajstić information content (AvgIpc) is 3.40. The molecule has 1 aromatic carbocycles. The summed E-state index contributed by atoms with van der Waals surface area (Å²) in [6, 6.07) is 9.18. The number of aryl methyl sites for hydroxylation is 1. The predicted molar refractivity (Wildman–Crippen MR) is 138 cm³/mol. The zero-order chi connectivity index (χ0) is 27.2. The van der Waals surface area contributed by atoms with Gasteiger partial charge in [-0.05, 0) is 51.2 Å². The highest BCUT2D eigenvalue weighted by Crippen LogP contribution is 2.40. The fraction of sp³-hybridized carbons (Fsp3) is 0.308. The van der Waals surface area contributed by atoms with Gasteiger partial charge in [0.1, 0.15) is 10.0 Å². The van der Waals surface area contributed by atoms with E-state index < -0.39 is 29.4 Å². The second kappa shape index (κ2) is 10.0. The predicted octanol–water partition coefficient (Wildman–Crippen LogP) is 6.83. The van der Waals surface area contributed by atoms with Crippen LogP contribution in [0.3, 0.4) is 0 Å². The smallest absolute Gasteiger partial charge is 0.433 e. The molecule has 1 N–H and O–H groups in total. The van der Waals surface area contributed by atoms with Crippen molar-refractivity contribution < 1.29 is 27.5 Å². The number of nitrogens with one attached hydrogen (secondary N) is 1. The zero-order valence-electron chi connectivity index (χ0n) is 20.4. The molecule has 0 unspecified atom stereocenters. The van der Waals surface area contributed by atoms with Gasteiger partial charge in [0, 0.05) is 10.4 Å². The number of thiophene rings is 1. The molecule has 0 atom stereocenters. The van der Waals surface area contributed by atoms with Gasteiger partial charge in [0.05, 0.1) is 17.4 Å². The average molecular weight is 563 g/mol. The van der Waals surface area contributed by atoms with Gasteiger partial charge in [-0.2, -0.15) is 18.3 Å². The van der Waals surface area contributed by atoms with Gasteiger partial charge in [0.2, 0.25) is 0 Å². The summed E-state index contributed by atoms with van der Waals surface area (Å²) in [4.78, 5) is 31.5. The lowest BCUT2D eigenvalue weighted by atomic mass is 9.95. The number of halogens is 4. The highest BCUT2D eigenvalue weighted by molar-refractivity contribution is 7.17. The third kappa shape index (κ3) is 4.88. The Hall–Kier alpha value is -3.44. The lowest BCUT2D eigenvalue weighted by molar-refractivity contribution is -0.142. The van der Waals surface area contributed by atoms with Gasteiger partial charge in [-0.1, -0.05) is 41.9 Å². The lowest BCUT2D eigenvalue weighted by Crippen LogP contribution is -2.18. The molecule has 0 radical (unpaired) electrons. The Labute approximate surface area is 224 Å². The molecule has 7 nitrogen and oxygen atoms in total. The van der Waals surface area contributed by atoms with Crippen LogP contribution >= 0.6 is 22.9 Å². The Morgan fingerprint density at radius 1 is 1.16 bits per heavy atom. The van der Waals surface area contributed by atoms with Crippen LogP contribution in [0.25, 0.3) is 16.9 Å².